The van der Waals surface area contributed by atoms with Crippen molar-refractivity contribution in [3.63, 3.8) is 0 Å². The molecule has 1 fully saturated rings. The Morgan fingerprint density at radius 2 is 2.18 bits per heavy atom. The fraction of sp³-hybridized carbons (Fsp3) is 0.308. The Balaban J connectivity index is 2.08. The van der Waals surface area contributed by atoms with E-state index in [9.17, 15) is 4.79 Å². The fourth-order valence-electron chi connectivity index (χ4n) is 1.95. The molecular formula is C13H17N3O. The molecule has 1 aliphatic rings. The third kappa shape index (κ3) is 2.41. The molecule has 2 rings (SSSR count). The number of hydrogen-bond donors (Lipinski definition) is 3. The lowest BCUT2D eigenvalue weighted by Gasteiger charge is -2.19. The highest BCUT2D eigenvalue weighted by Gasteiger charge is 2.46. The Labute approximate surface area is 101 Å². The Kier molecular flexibility index (Phi) is 3.04. The maximum Gasteiger partial charge on any atom is 0.315 e. The minimum atomic E-state index is -0.267. The number of carbonyl (C=O) groups is 1. The summed E-state index contributed by atoms with van der Waals surface area (Å²) in [5, 5.41) is 5.69. The van der Waals surface area contributed by atoms with Gasteiger partial charge in [-0.15, -0.1) is 6.58 Å². The molecule has 0 heterocycles. The van der Waals surface area contributed by atoms with Crippen LogP contribution in [0, 0.1) is 0 Å². The van der Waals surface area contributed by atoms with Gasteiger partial charge in [0.2, 0.25) is 0 Å². The smallest absolute Gasteiger partial charge is 0.315 e. The molecular weight excluding hydrogens is 214 g/mol. The number of amides is 2. The predicted octanol–water partition coefficient (Wildman–Crippen LogP) is 1.74. The third-order valence-electron chi connectivity index (χ3n) is 2.99. The molecule has 4 heteroatoms. The molecule has 1 aliphatic carbocycles. The summed E-state index contributed by atoms with van der Waals surface area (Å²) in [5.41, 5.74) is 7.41. The van der Waals surface area contributed by atoms with Gasteiger partial charge in [-0.3, -0.25) is 0 Å². The van der Waals surface area contributed by atoms with Gasteiger partial charge in [-0.05, 0) is 18.9 Å². The Morgan fingerprint density at radius 1 is 1.47 bits per heavy atom. The summed E-state index contributed by atoms with van der Waals surface area (Å²) in [6.07, 6.45) is 3.52. The number of nitrogens with one attached hydrogen (secondary N) is 2. The average molecular weight is 231 g/mol. The lowest BCUT2D eigenvalue weighted by molar-refractivity contribution is 0.237. The van der Waals surface area contributed by atoms with Crippen molar-refractivity contribution in [3.05, 3.63) is 42.5 Å². The molecule has 1 saturated carbocycles. The third-order valence-corrected chi connectivity index (χ3v) is 2.99. The molecule has 0 spiro atoms. The largest absolute Gasteiger partial charge is 0.398 e. The van der Waals surface area contributed by atoms with Crippen LogP contribution >= 0.6 is 0 Å². The highest BCUT2D eigenvalue weighted by molar-refractivity contribution is 5.76. The molecule has 0 aromatic heterocycles. The quantitative estimate of drug-likeness (QED) is 0.546. The van der Waals surface area contributed by atoms with Gasteiger partial charge >= 0.3 is 6.03 Å². The van der Waals surface area contributed by atoms with E-state index >= 15 is 0 Å². The lowest BCUT2D eigenvalue weighted by atomic mass is 10.0. The molecule has 0 unspecified atom stereocenters. The summed E-state index contributed by atoms with van der Waals surface area (Å²) in [6, 6.07) is 7.49. The van der Waals surface area contributed by atoms with Crippen LogP contribution in [0.4, 0.5) is 10.5 Å². The molecule has 0 atom stereocenters. The van der Waals surface area contributed by atoms with Crippen LogP contribution in [0.3, 0.4) is 0 Å². The van der Waals surface area contributed by atoms with E-state index in [1.54, 1.807) is 6.08 Å². The predicted molar refractivity (Wildman–Crippen MR) is 68.5 cm³/mol. The van der Waals surface area contributed by atoms with Crippen molar-refractivity contribution < 1.29 is 4.79 Å². The van der Waals surface area contributed by atoms with Crippen molar-refractivity contribution in [1.29, 1.82) is 0 Å². The van der Waals surface area contributed by atoms with E-state index < -0.39 is 0 Å². The zero-order valence-corrected chi connectivity index (χ0v) is 9.70. The van der Waals surface area contributed by atoms with Gasteiger partial charge in [0.25, 0.3) is 0 Å². The first-order valence-corrected chi connectivity index (χ1v) is 5.70. The van der Waals surface area contributed by atoms with E-state index in [0.29, 0.717) is 6.54 Å². The minimum Gasteiger partial charge on any atom is -0.398 e. The van der Waals surface area contributed by atoms with Gasteiger partial charge in [0.15, 0.2) is 0 Å². The van der Waals surface area contributed by atoms with Crippen LogP contribution in [0.1, 0.15) is 18.4 Å². The first-order chi connectivity index (χ1) is 8.18. The van der Waals surface area contributed by atoms with Crippen molar-refractivity contribution >= 4 is 11.7 Å². The Hall–Kier alpha value is -1.97. The summed E-state index contributed by atoms with van der Waals surface area (Å²) >= 11 is 0. The number of nitrogen functional groups attached to an aromatic ring is 1. The van der Waals surface area contributed by atoms with Gasteiger partial charge < -0.3 is 16.4 Å². The molecule has 0 radical (unpaired) electrons. The van der Waals surface area contributed by atoms with Crippen LogP contribution in [-0.2, 0) is 5.54 Å². The summed E-state index contributed by atoms with van der Waals surface area (Å²) < 4.78 is 0. The monoisotopic (exact) mass is 231 g/mol. The van der Waals surface area contributed by atoms with E-state index in [4.69, 9.17) is 5.73 Å². The van der Waals surface area contributed by atoms with Crippen molar-refractivity contribution in [3.8, 4) is 0 Å². The average Bonchev–Trinajstić information content (AvgIpc) is 3.07. The molecule has 90 valence electrons. The number of carbonyl (C=O) groups excluding carboxylic acids is 1. The Morgan fingerprint density at radius 3 is 2.76 bits per heavy atom. The zero-order chi connectivity index (χ0) is 12.3. The van der Waals surface area contributed by atoms with Crippen molar-refractivity contribution in [2.24, 2.45) is 0 Å². The van der Waals surface area contributed by atoms with E-state index in [2.05, 4.69) is 17.2 Å². The highest BCUT2D eigenvalue weighted by atomic mass is 16.2. The number of urea groups is 1. The van der Waals surface area contributed by atoms with Crippen LogP contribution in [-0.4, -0.2) is 12.6 Å². The normalized spacial score (nSPS) is 16.0. The SMILES string of the molecule is C=CCNC(=O)NC1(c2ccccc2N)CC1. The first kappa shape index (κ1) is 11.5. The highest BCUT2D eigenvalue weighted by Crippen LogP contribution is 2.47. The number of nitrogens with two attached hydrogens (primary N) is 1. The second-order valence-corrected chi connectivity index (χ2v) is 4.29. The molecule has 0 aliphatic heterocycles. The topological polar surface area (TPSA) is 67.2 Å². The van der Waals surface area contributed by atoms with Crippen LogP contribution in [0.5, 0.6) is 0 Å². The van der Waals surface area contributed by atoms with E-state index in [-0.39, 0.29) is 11.6 Å². The Bertz CT molecular complexity index is 438. The summed E-state index contributed by atoms with van der Waals surface area (Å²) in [5.74, 6) is 0. The van der Waals surface area contributed by atoms with Gasteiger partial charge in [0.05, 0.1) is 5.54 Å². The van der Waals surface area contributed by atoms with Gasteiger partial charge in [-0.25, -0.2) is 4.79 Å². The van der Waals surface area contributed by atoms with Crippen LogP contribution < -0.4 is 16.4 Å². The molecule has 1 aromatic carbocycles. The van der Waals surface area contributed by atoms with Crippen molar-refractivity contribution in [1.82, 2.24) is 10.6 Å². The number of hydrogen-bond acceptors (Lipinski definition) is 2. The van der Waals surface area contributed by atoms with E-state index in [1.807, 2.05) is 24.3 Å². The van der Waals surface area contributed by atoms with Gasteiger partial charge in [0.1, 0.15) is 0 Å². The molecule has 17 heavy (non-hydrogen) atoms. The second kappa shape index (κ2) is 4.49. The van der Waals surface area contributed by atoms with E-state index in [0.717, 1.165) is 24.1 Å². The van der Waals surface area contributed by atoms with E-state index in [1.165, 1.54) is 0 Å². The molecule has 0 bridgehead atoms. The standard InChI is InChI=1S/C13H17N3O/c1-2-9-15-12(17)16-13(7-8-13)10-5-3-4-6-11(10)14/h2-6H,1,7-9,14H2,(H2,15,16,17). The number of rotatable bonds is 4. The van der Waals surface area contributed by atoms with Crippen molar-refractivity contribution in [2.45, 2.75) is 18.4 Å². The second-order valence-electron chi connectivity index (χ2n) is 4.29. The maximum atomic E-state index is 11.6. The number of anilines is 1. The first-order valence-electron chi connectivity index (χ1n) is 5.70. The van der Waals surface area contributed by atoms with Crippen LogP contribution in [0.15, 0.2) is 36.9 Å². The van der Waals surface area contributed by atoms with Crippen LogP contribution in [0.2, 0.25) is 0 Å². The molecule has 4 N–H and O–H groups in total. The molecule has 1 aromatic rings. The summed E-state index contributed by atoms with van der Waals surface area (Å²) in [6.45, 7) is 4.02. The number of benzene rings is 1. The minimum absolute atomic E-state index is 0.175. The van der Waals surface area contributed by atoms with Crippen LogP contribution in [0.25, 0.3) is 0 Å². The summed E-state index contributed by atoms with van der Waals surface area (Å²) in [7, 11) is 0. The molecule has 4 nitrogen and oxygen atoms in total. The molecule has 0 saturated heterocycles. The lowest BCUT2D eigenvalue weighted by Crippen LogP contribution is -2.42. The zero-order valence-electron chi connectivity index (χ0n) is 9.70. The van der Waals surface area contributed by atoms with Gasteiger partial charge in [-0.1, -0.05) is 24.3 Å². The maximum absolute atomic E-state index is 11.6. The van der Waals surface area contributed by atoms with Gasteiger partial charge in [-0.2, -0.15) is 0 Å². The van der Waals surface area contributed by atoms with Gasteiger partial charge in [0, 0.05) is 17.8 Å². The molecule has 2 amide bonds. The fourth-order valence-corrected chi connectivity index (χ4v) is 1.95. The van der Waals surface area contributed by atoms with Crippen molar-refractivity contribution in [2.75, 3.05) is 12.3 Å². The summed E-state index contributed by atoms with van der Waals surface area (Å²) in [4.78, 5) is 11.6. The number of para-hydroxylation sites is 1.